The number of terminal acetylenes is 1. The van der Waals surface area contributed by atoms with E-state index in [0.717, 1.165) is 0 Å². The molecule has 0 aliphatic rings. The van der Waals surface area contributed by atoms with Gasteiger partial charge in [-0.15, -0.1) is 6.42 Å². The molecule has 0 rings (SSSR count). The number of amides is 2. The molecule has 5 nitrogen and oxygen atoms in total. The van der Waals surface area contributed by atoms with Gasteiger partial charge >= 0.3 is 12.0 Å². The molecule has 0 spiro atoms. The highest BCUT2D eigenvalue weighted by Crippen LogP contribution is 2.05. The van der Waals surface area contributed by atoms with Gasteiger partial charge < -0.3 is 15.7 Å². The van der Waals surface area contributed by atoms with Crippen LogP contribution >= 0.6 is 0 Å². The Morgan fingerprint density at radius 3 is 2.11 bits per heavy atom. The van der Waals surface area contributed by atoms with E-state index in [1.54, 1.807) is 0 Å². The number of nitrogens with one attached hydrogen (secondary N) is 2. The smallest absolute Gasteiger partial charge is 0.326 e. The maximum absolute atomic E-state index is 11.6. The molecule has 0 aromatic rings. The third-order valence-corrected chi connectivity index (χ3v) is 2.44. The van der Waals surface area contributed by atoms with Crippen LogP contribution in [0.25, 0.3) is 0 Å². The van der Waals surface area contributed by atoms with E-state index in [9.17, 15) is 9.59 Å². The topological polar surface area (TPSA) is 78.4 Å². The molecule has 0 saturated carbocycles. The van der Waals surface area contributed by atoms with Crippen LogP contribution in [-0.2, 0) is 4.79 Å². The van der Waals surface area contributed by atoms with Crippen molar-refractivity contribution < 1.29 is 14.7 Å². The number of carbonyl (C=O) groups excluding carboxylic acids is 1. The van der Waals surface area contributed by atoms with Crippen LogP contribution in [0.1, 0.15) is 34.1 Å². The average Bonchev–Trinajstić information content (AvgIpc) is 2.23. The van der Waals surface area contributed by atoms with Gasteiger partial charge in [0.15, 0.2) is 0 Å². The molecule has 0 aromatic heterocycles. The molecule has 0 aliphatic heterocycles. The third-order valence-electron chi connectivity index (χ3n) is 2.44. The Hall–Kier alpha value is -1.70. The second-order valence-corrected chi connectivity index (χ2v) is 5.03. The van der Waals surface area contributed by atoms with Crippen molar-refractivity contribution in [1.82, 2.24) is 10.6 Å². The van der Waals surface area contributed by atoms with Crippen molar-refractivity contribution in [3.05, 3.63) is 0 Å². The lowest BCUT2D eigenvalue weighted by atomic mass is 10.0. The Morgan fingerprint density at radius 1 is 1.22 bits per heavy atom. The van der Waals surface area contributed by atoms with Crippen molar-refractivity contribution in [2.24, 2.45) is 11.8 Å². The summed E-state index contributed by atoms with van der Waals surface area (Å²) < 4.78 is 0. The Morgan fingerprint density at radius 2 is 1.78 bits per heavy atom. The minimum Gasteiger partial charge on any atom is -0.480 e. The monoisotopic (exact) mass is 254 g/mol. The first-order valence-electron chi connectivity index (χ1n) is 6.03. The van der Waals surface area contributed by atoms with Gasteiger partial charge in [0.2, 0.25) is 0 Å². The normalized spacial score (nSPS) is 13.8. The van der Waals surface area contributed by atoms with Crippen molar-refractivity contribution in [2.45, 2.75) is 46.2 Å². The van der Waals surface area contributed by atoms with Crippen molar-refractivity contribution >= 4 is 12.0 Å². The van der Waals surface area contributed by atoms with Crippen LogP contribution < -0.4 is 10.6 Å². The highest BCUT2D eigenvalue weighted by Gasteiger charge is 2.22. The molecule has 0 heterocycles. The summed E-state index contributed by atoms with van der Waals surface area (Å²) in [6, 6.07) is -1.84. The molecule has 18 heavy (non-hydrogen) atoms. The van der Waals surface area contributed by atoms with Gasteiger partial charge in [-0.2, -0.15) is 0 Å². The van der Waals surface area contributed by atoms with E-state index in [0.29, 0.717) is 6.42 Å². The number of rotatable bonds is 6. The SMILES string of the molecule is C#CC(NC(=O)N[C@@H](CC(C)C)C(=O)O)C(C)C. The predicted octanol–water partition coefficient (Wildman–Crippen LogP) is 1.44. The van der Waals surface area contributed by atoms with E-state index in [-0.39, 0.29) is 11.8 Å². The van der Waals surface area contributed by atoms with Crippen LogP contribution in [0.2, 0.25) is 0 Å². The number of hydrogen-bond donors (Lipinski definition) is 3. The number of hydrogen-bond acceptors (Lipinski definition) is 2. The van der Waals surface area contributed by atoms with Crippen molar-refractivity contribution in [3.8, 4) is 12.3 Å². The number of carboxylic acids is 1. The van der Waals surface area contributed by atoms with Gasteiger partial charge in [0.1, 0.15) is 6.04 Å². The van der Waals surface area contributed by atoms with Crippen LogP contribution in [0.3, 0.4) is 0 Å². The molecule has 2 atom stereocenters. The maximum Gasteiger partial charge on any atom is 0.326 e. The van der Waals surface area contributed by atoms with Crippen LogP contribution in [0.5, 0.6) is 0 Å². The zero-order valence-corrected chi connectivity index (χ0v) is 11.4. The third kappa shape index (κ3) is 6.14. The minimum absolute atomic E-state index is 0.0918. The zero-order chi connectivity index (χ0) is 14.3. The maximum atomic E-state index is 11.6. The first kappa shape index (κ1) is 16.3. The summed E-state index contributed by atoms with van der Waals surface area (Å²) in [5.41, 5.74) is 0. The fourth-order valence-corrected chi connectivity index (χ4v) is 1.43. The molecule has 1 unspecified atom stereocenters. The lowest BCUT2D eigenvalue weighted by molar-refractivity contribution is -0.139. The Labute approximate surface area is 108 Å². The Bertz CT molecular complexity index is 332. The number of urea groups is 1. The van der Waals surface area contributed by atoms with Gasteiger partial charge in [0, 0.05) is 0 Å². The summed E-state index contributed by atoms with van der Waals surface area (Å²) >= 11 is 0. The van der Waals surface area contributed by atoms with Crippen LogP contribution in [0, 0.1) is 24.2 Å². The van der Waals surface area contributed by atoms with E-state index in [1.807, 2.05) is 27.7 Å². The molecule has 2 amide bonds. The van der Waals surface area contributed by atoms with Gasteiger partial charge in [-0.05, 0) is 18.3 Å². The molecule has 3 N–H and O–H groups in total. The van der Waals surface area contributed by atoms with E-state index in [1.165, 1.54) is 0 Å². The summed E-state index contributed by atoms with van der Waals surface area (Å²) in [6.45, 7) is 7.56. The zero-order valence-electron chi connectivity index (χ0n) is 11.4. The van der Waals surface area contributed by atoms with Crippen molar-refractivity contribution in [1.29, 1.82) is 0 Å². The molecular weight excluding hydrogens is 232 g/mol. The van der Waals surface area contributed by atoms with Crippen LogP contribution in [0.4, 0.5) is 4.79 Å². The Kier molecular flexibility index (Phi) is 6.88. The largest absolute Gasteiger partial charge is 0.480 e. The van der Waals surface area contributed by atoms with Gasteiger partial charge in [-0.1, -0.05) is 33.6 Å². The van der Waals surface area contributed by atoms with Gasteiger partial charge in [0.25, 0.3) is 0 Å². The molecule has 0 aliphatic carbocycles. The lowest BCUT2D eigenvalue weighted by Gasteiger charge is -2.20. The fraction of sp³-hybridized carbons (Fsp3) is 0.692. The van der Waals surface area contributed by atoms with Crippen molar-refractivity contribution in [3.63, 3.8) is 0 Å². The summed E-state index contributed by atoms with van der Waals surface area (Å²) in [5, 5.41) is 14.0. The second-order valence-electron chi connectivity index (χ2n) is 5.03. The fourth-order valence-electron chi connectivity index (χ4n) is 1.43. The van der Waals surface area contributed by atoms with Gasteiger partial charge in [-0.3, -0.25) is 0 Å². The van der Waals surface area contributed by atoms with Crippen molar-refractivity contribution in [2.75, 3.05) is 0 Å². The van der Waals surface area contributed by atoms with Gasteiger partial charge in [-0.25, -0.2) is 9.59 Å². The molecule has 0 fully saturated rings. The highest BCUT2D eigenvalue weighted by atomic mass is 16.4. The molecule has 0 aromatic carbocycles. The molecule has 102 valence electrons. The molecule has 5 heteroatoms. The number of aliphatic carboxylic acids is 1. The van der Waals surface area contributed by atoms with E-state index in [2.05, 4.69) is 16.6 Å². The van der Waals surface area contributed by atoms with Crippen LogP contribution in [-0.4, -0.2) is 29.2 Å². The average molecular weight is 254 g/mol. The van der Waals surface area contributed by atoms with E-state index < -0.39 is 24.1 Å². The van der Waals surface area contributed by atoms with Gasteiger partial charge in [0.05, 0.1) is 6.04 Å². The standard InChI is InChI=1S/C13H22N2O3/c1-6-10(9(4)5)14-13(18)15-11(12(16)17)7-8(2)3/h1,8-11H,7H2,2-5H3,(H,16,17)(H2,14,15,18)/t10?,11-/m0/s1. The molecular formula is C13H22N2O3. The number of carbonyl (C=O) groups is 2. The Balaban J connectivity index is 4.43. The highest BCUT2D eigenvalue weighted by molar-refractivity contribution is 5.82. The predicted molar refractivity (Wildman–Crippen MR) is 70.0 cm³/mol. The summed E-state index contributed by atoms with van der Waals surface area (Å²) in [6.07, 6.45) is 5.66. The van der Waals surface area contributed by atoms with E-state index in [4.69, 9.17) is 11.5 Å². The molecule has 0 radical (unpaired) electrons. The summed E-state index contributed by atoms with van der Waals surface area (Å²) in [7, 11) is 0. The summed E-state index contributed by atoms with van der Waals surface area (Å²) in [5.74, 6) is 1.69. The van der Waals surface area contributed by atoms with Crippen LogP contribution in [0.15, 0.2) is 0 Å². The first-order valence-corrected chi connectivity index (χ1v) is 6.03. The number of carboxylic acid groups (broad SMARTS) is 1. The minimum atomic E-state index is -1.04. The van der Waals surface area contributed by atoms with E-state index >= 15 is 0 Å². The lowest BCUT2D eigenvalue weighted by Crippen LogP contribution is -2.50. The quantitative estimate of drug-likeness (QED) is 0.628. The second kappa shape index (κ2) is 7.59. The molecule has 0 saturated heterocycles. The first-order chi connectivity index (χ1) is 8.27. The summed E-state index contributed by atoms with van der Waals surface area (Å²) in [4.78, 5) is 22.6. The molecule has 0 bridgehead atoms.